The minimum atomic E-state index is -3.50. The molecule has 1 aliphatic rings. The first kappa shape index (κ1) is 13.3. The highest BCUT2D eigenvalue weighted by atomic mass is 32.2. The van der Waals surface area contributed by atoms with E-state index < -0.39 is 10.2 Å². The Hall–Kier alpha value is -1.12. The van der Waals surface area contributed by atoms with Gasteiger partial charge in [-0.15, -0.1) is 0 Å². The smallest absolute Gasteiger partial charge is 0.302 e. The molecule has 0 saturated carbocycles. The molecule has 0 unspecified atom stereocenters. The lowest BCUT2D eigenvalue weighted by atomic mass is 10.2. The van der Waals surface area contributed by atoms with Gasteiger partial charge in [0.15, 0.2) is 5.82 Å². The molecule has 0 atom stereocenters. The molecule has 1 aliphatic heterocycles. The number of piperidine rings is 1. The van der Waals surface area contributed by atoms with Crippen molar-refractivity contribution in [2.75, 3.05) is 17.8 Å². The minimum absolute atomic E-state index is 0.256. The van der Waals surface area contributed by atoms with Crippen LogP contribution >= 0.6 is 0 Å². The van der Waals surface area contributed by atoms with Crippen LogP contribution in [0, 0.1) is 0 Å². The molecule has 1 aromatic rings. The number of nitrogens with one attached hydrogen (secondary N) is 1. The highest BCUT2D eigenvalue weighted by molar-refractivity contribution is 7.90. The van der Waals surface area contributed by atoms with Crippen LogP contribution in [0.25, 0.3) is 0 Å². The van der Waals surface area contributed by atoms with Gasteiger partial charge in [0, 0.05) is 38.4 Å². The van der Waals surface area contributed by atoms with Crippen molar-refractivity contribution < 1.29 is 8.42 Å². The molecule has 18 heavy (non-hydrogen) atoms. The molecule has 1 fully saturated rings. The maximum atomic E-state index is 12.2. The maximum absolute atomic E-state index is 12.2. The van der Waals surface area contributed by atoms with Crippen molar-refractivity contribution in [3.63, 3.8) is 0 Å². The van der Waals surface area contributed by atoms with Crippen LogP contribution < -0.4 is 10.5 Å². The predicted octanol–water partition coefficient (Wildman–Crippen LogP) is 0.0214. The summed E-state index contributed by atoms with van der Waals surface area (Å²) in [6, 6.07) is 0. The number of aromatic nitrogens is 2. The normalized spacial score (nSPS) is 17.9. The molecule has 0 radical (unpaired) electrons. The molecule has 8 heteroatoms. The summed E-state index contributed by atoms with van der Waals surface area (Å²) in [4.78, 5) is 0. The Kier molecular flexibility index (Phi) is 3.88. The largest absolute Gasteiger partial charge is 0.326 e. The molecule has 1 aromatic heterocycles. The lowest BCUT2D eigenvalue weighted by Gasteiger charge is -2.25. The fourth-order valence-electron chi connectivity index (χ4n) is 2.06. The second-order valence-electron chi connectivity index (χ2n) is 4.45. The second kappa shape index (κ2) is 5.25. The molecular weight excluding hydrogens is 254 g/mol. The van der Waals surface area contributed by atoms with E-state index in [1.54, 1.807) is 17.9 Å². The molecule has 102 valence electrons. The standard InChI is InChI=1S/C10H19N5O2S/c1-14-8-9(7-11)10(12-14)13-18(16,17)15-5-3-2-4-6-15/h8H,2-7,11H2,1H3,(H,12,13). The molecule has 2 heterocycles. The third-order valence-corrected chi connectivity index (χ3v) is 4.50. The fourth-order valence-corrected chi connectivity index (χ4v) is 3.35. The number of aryl methyl sites for hydroxylation is 1. The lowest BCUT2D eigenvalue weighted by Crippen LogP contribution is -2.39. The maximum Gasteiger partial charge on any atom is 0.302 e. The third-order valence-electron chi connectivity index (χ3n) is 3.01. The Labute approximate surface area is 107 Å². The molecule has 0 bridgehead atoms. The molecule has 7 nitrogen and oxygen atoms in total. The van der Waals surface area contributed by atoms with Gasteiger partial charge in [0.05, 0.1) is 0 Å². The number of hydrogen-bond acceptors (Lipinski definition) is 4. The Balaban J connectivity index is 2.16. The van der Waals surface area contributed by atoms with Crippen LogP contribution in [-0.4, -0.2) is 35.6 Å². The molecule has 3 N–H and O–H groups in total. The fraction of sp³-hybridized carbons (Fsp3) is 0.700. The average molecular weight is 273 g/mol. The van der Waals surface area contributed by atoms with Crippen LogP contribution in [-0.2, 0) is 23.8 Å². The number of anilines is 1. The minimum Gasteiger partial charge on any atom is -0.326 e. The summed E-state index contributed by atoms with van der Waals surface area (Å²) in [5.41, 5.74) is 6.25. The third kappa shape index (κ3) is 2.82. The van der Waals surface area contributed by atoms with Crippen molar-refractivity contribution in [1.82, 2.24) is 14.1 Å². The van der Waals surface area contributed by atoms with Crippen molar-refractivity contribution in [3.05, 3.63) is 11.8 Å². The summed E-state index contributed by atoms with van der Waals surface area (Å²) in [6.07, 6.45) is 4.62. The highest BCUT2D eigenvalue weighted by Crippen LogP contribution is 2.18. The second-order valence-corrected chi connectivity index (χ2v) is 6.12. The van der Waals surface area contributed by atoms with Crippen LogP contribution in [0.3, 0.4) is 0 Å². The Morgan fingerprint density at radius 1 is 1.39 bits per heavy atom. The van der Waals surface area contributed by atoms with E-state index in [9.17, 15) is 8.42 Å². The van der Waals surface area contributed by atoms with Crippen LogP contribution in [0.2, 0.25) is 0 Å². The quantitative estimate of drug-likeness (QED) is 0.809. The average Bonchev–Trinajstić information content (AvgIpc) is 2.70. The Morgan fingerprint density at radius 3 is 2.67 bits per heavy atom. The predicted molar refractivity (Wildman–Crippen MR) is 69.1 cm³/mol. The molecule has 0 aliphatic carbocycles. The summed E-state index contributed by atoms with van der Waals surface area (Å²) in [5.74, 6) is 0.325. The molecule has 2 rings (SSSR count). The zero-order chi connectivity index (χ0) is 13.2. The van der Waals surface area contributed by atoms with Gasteiger partial charge in [0.25, 0.3) is 0 Å². The zero-order valence-electron chi connectivity index (χ0n) is 10.5. The summed E-state index contributed by atoms with van der Waals surface area (Å²) in [7, 11) is -1.77. The van der Waals surface area contributed by atoms with Crippen molar-refractivity contribution in [1.29, 1.82) is 0 Å². The summed E-state index contributed by atoms with van der Waals surface area (Å²) in [6.45, 7) is 1.39. The monoisotopic (exact) mass is 273 g/mol. The molecule has 0 aromatic carbocycles. The Morgan fingerprint density at radius 2 is 2.06 bits per heavy atom. The van der Waals surface area contributed by atoms with Crippen LogP contribution in [0.4, 0.5) is 5.82 Å². The van der Waals surface area contributed by atoms with E-state index >= 15 is 0 Å². The Bertz CT molecular complexity index is 504. The van der Waals surface area contributed by atoms with Gasteiger partial charge in [0.1, 0.15) is 0 Å². The van der Waals surface area contributed by atoms with Gasteiger partial charge < -0.3 is 5.73 Å². The summed E-state index contributed by atoms with van der Waals surface area (Å²) in [5, 5.41) is 4.08. The van der Waals surface area contributed by atoms with Gasteiger partial charge in [-0.3, -0.25) is 9.40 Å². The van der Waals surface area contributed by atoms with Gasteiger partial charge in [-0.25, -0.2) is 0 Å². The van der Waals surface area contributed by atoms with Crippen LogP contribution in [0.15, 0.2) is 6.20 Å². The number of nitrogens with zero attached hydrogens (tertiary/aromatic N) is 3. The van der Waals surface area contributed by atoms with Gasteiger partial charge in [-0.2, -0.15) is 17.8 Å². The zero-order valence-corrected chi connectivity index (χ0v) is 11.3. The van der Waals surface area contributed by atoms with Gasteiger partial charge in [-0.1, -0.05) is 6.42 Å². The number of hydrogen-bond donors (Lipinski definition) is 2. The van der Waals surface area contributed by atoms with Crippen molar-refractivity contribution in [2.24, 2.45) is 12.8 Å². The van der Waals surface area contributed by atoms with Crippen molar-refractivity contribution in [3.8, 4) is 0 Å². The number of nitrogens with two attached hydrogens (primary N) is 1. The van der Waals surface area contributed by atoms with E-state index in [2.05, 4.69) is 9.82 Å². The summed E-state index contributed by atoms with van der Waals surface area (Å²) >= 11 is 0. The van der Waals surface area contributed by atoms with Gasteiger partial charge in [-0.05, 0) is 12.8 Å². The van der Waals surface area contributed by atoms with Gasteiger partial charge >= 0.3 is 10.2 Å². The highest BCUT2D eigenvalue weighted by Gasteiger charge is 2.25. The van der Waals surface area contributed by atoms with Crippen LogP contribution in [0.1, 0.15) is 24.8 Å². The first-order valence-corrected chi connectivity index (χ1v) is 7.47. The van der Waals surface area contributed by atoms with E-state index in [1.165, 1.54) is 4.31 Å². The molecule has 0 spiro atoms. The van der Waals surface area contributed by atoms with Gasteiger partial charge in [0.2, 0.25) is 0 Å². The van der Waals surface area contributed by atoms with Crippen molar-refractivity contribution >= 4 is 16.0 Å². The topological polar surface area (TPSA) is 93.2 Å². The molecular formula is C10H19N5O2S. The first-order valence-electron chi connectivity index (χ1n) is 6.03. The van der Waals surface area contributed by atoms with E-state index in [-0.39, 0.29) is 6.54 Å². The first-order chi connectivity index (χ1) is 8.53. The molecule has 1 saturated heterocycles. The van der Waals surface area contributed by atoms with E-state index in [0.717, 1.165) is 19.3 Å². The SMILES string of the molecule is Cn1cc(CN)c(NS(=O)(=O)N2CCCCC2)n1. The summed E-state index contributed by atoms with van der Waals surface area (Å²) < 4.78 is 29.8. The van der Waals surface area contributed by atoms with E-state index in [4.69, 9.17) is 5.73 Å². The molecule has 0 amide bonds. The van der Waals surface area contributed by atoms with Crippen molar-refractivity contribution in [2.45, 2.75) is 25.8 Å². The van der Waals surface area contributed by atoms with E-state index in [1.807, 2.05) is 0 Å². The number of rotatable bonds is 4. The van der Waals surface area contributed by atoms with E-state index in [0.29, 0.717) is 24.5 Å². The van der Waals surface area contributed by atoms with Crippen LogP contribution in [0.5, 0.6) is 0 Å². The lowest BCUT2D eigenvalue weighted by molar-refractivity contribution is 0.349.